The van der Waals surface area contributed by atoms with E-state index in [4.69, 9.17) is 21.1 Å². The number of nitrogens with one attached hydrogen (secondary N) is 1. The Morgan fingerprint density at radius 1 is 1.30 bits per heavy atom. The predicted octanol–water partition coefficient (Wildman–Crippen LogP) is 3.81. The Morgan fingerprint density at radius 3 is 3.00 bits per heavy atom. The lowest BCUT2D eigenvalue weighted by Crippen LogP contribution is -2.22. The highest BCUT2D eigenvalue weighted by molar-refractivity contribution is 7.09. The molecule has 122 valence electrons. The van der Waals surface area contributed by atoms with E-state index in [1.807, 2.05) is 29.6 Å². The number of hydrogen-bond acceptors (Lipinski definition) is 4. The quantitative estimate of drug-likeness (QED) is 0.891. The van der Waals surface area contributed by atoms with Gasteiger partial charge in [0.25, 0.3) is 0 Å². The molecule has 0 unspecified atom stereocenters. The van der Waals surface area contributed by atoms with Gasteiger partial charge >= 0.3 is 0 Å². The number of halogens is 1. The van der Waals surface area contributed by atoms with Gasteiger partial charge in [-0.25, -0.2) is 0 Å². The average molecular weight is 352 g/mol. The fourth-order valence-corrected chi connectivity index (χ4v) is 3.36. The third-order valence-electron chi connectivity index (χ3n) is 3.53. The molecule has 0 saturated heterocycles. The number of hydrogen-bond donors (Lipinski definition) is 1. The van der Waals surface area contributed by atoms with E-state index in [1.54, 1.807) is 11.3 Å². The highest BCUT2D eigenvalue weighted by atomic mass is 35.5. The third kappa shape index (κ3) is 4.39. The second-order valence-electron chi connectivity index (χ2n) is 5.31. The second kappa shape index (κ2) is 7.70. The van der Waals surface area contributed by atoms with Gasteiger partial charge < -0.3 is 14.8 Å². The van der Waals surface area contributed by atoms with Crippen LogP contribution in [0.3, 0.4) is 0 Å². The Bertz CT molecular complexity index is 673. The Kier molecular flexibility index (Phi) is 5.41. The van der Waals surface area contributed by atoms with Crippen LogP contribution < -0.4 is 14.8 Å². The predicted molar refractivity (Wildman–Crippen MR) is 91.5 cm³/mol. The molecule has 3 rings (SSSR count). The van der Waals surface area contributed by atoms with Crippen molar-refractivity contribution in [1.82, 2.24) is 5.32 Å². The summed E-state index contributed by atoms with van der Waals surface area (Å²) in [6.07, 6.45) is 2.09. The van der Waals surface area contributed by atoms with Crippen LogP contribution in [0.15, 0.2) is 29.6 Å². The average Bonchev–Trinajstić information content (AvgIpc) is 2.95. The molecule has 23 heavy (non-hydrogen) atoms. The van der Waals surface area contributed by atoms with Gasteiger partial charge in [0.1, 0.15) is 0 Å². The molecule has 1 aliphatic rings. The first-order chi connectivity index (χ1) is 11.2. The molecule has 0 spiro atoms. The smallest absolute Gasteiger partial charge is 0.220 e. The van der Waals surface area contributed by atoms with Crippen molar-refractivity contribution < 1.29 is 14.3 Å². The molecule has 0 atom stereocenters. The first-order valence-corrected chi connectivity index (χ1v) is 8.85. The summed E-state index contributed by atoms with van der Waals surface area (Å²) in [7, 11) is 0. The molecular weight excluding hydrogens is 334 g/mol. The van der Waals surface area contributed by atoms with Crippen LogP contribution in [0.1, 0.15) is 23.3 Å². The van der Waals surface area contributed by atoms with Gasteiger partial charge in [0, 0.05) is 24.3 Å². The van der Waals surface area contributed by atoms with Crippen LogP contribution in [-0.4, -0.2) is 19.1 Å². The molecular formula is C17H18ClNO3S. The van der Waals surface area contributed by atoms with Gasteiger partial charge in [-0.15, -0.1) is 11.3 Å². The van der Waals surface area contributed by atoms with E-state index in [9.17, 15) is 4.79 Å². The number of carbonyl (C=O) groups is 1. The zero-order chi connectivity index (χ0) is 16.1. The number of benzene rings is 1. The lowest BCUT2D eigenvalue weighted by atomic mass is 10.2. The molecule has 1 amide bonds. The number of ether oxygens (including phenoxy) is 2. The Labute approximate surface area is 144 Å². The Hall–Kier alpha value is -1.72. The van der Waals surface area contributed by atoms with Crippen molar-refractivity contribution in [3.8, 4) is 11.5 Å². The first kappa shape index (κ1) is 16.1. The van der Waals surface area contributed by atoms with Crippen LogP contribution >= 0.6 is 22.9 Å². The number of carbonyl (C=O) groups excluding carboxylic acids is 1. The minimum Gasteiger partial charge on any atom is -0.489 e. The van der Waals surface area contributed by atoms with Crippen LogP contribution in [0, 0.1) is 0 Å². The van der Waals surface area contributed by atoms with Crippen LogP contribution in [0.2, 0.25) is 5.02 Å². The molecule has 0 radical (unpaired) electrons. The third-order valence-corrected chi connectivity index (χ3v) is 4.75. The summed E-state index contributed by atoms with van der Waals surface area (Å²) < 4.78 is 11.2. The maximum Gasteiger partial charge on any atom is 0.220 e. The topological polar surface area (TPSA) is 47.6 Å². The minimum atomic E-state index is 0.0293. The van der Waals surface area contributed by atoms with Crippen LogP contribution in [0.5, 0.6) is 11.5 Å². The summed E-state index contributed by atoms with van der Waals surface area (Å²) >= 11 is 7.92. The number of aryl methyl sites for hydroxylation is 1. The number of amides is 1. The molecule has 0 saturated carbocycles. The van der Waals surface area contributed by atoms with E-state index in [0.29, 0.717) is 42.7 Å². The van der Waals surface area contributed by atoms with E-state index >= 15 is 0 Å². The molecule has 2 heterocycles. The van der Waals surface area contributed by atoms with Crippen molar-refractivity contribution in [2.24, 2.45) is 0 Å². The van der Waals surface area contributed by atoms with Crippen molar-refractivity contribution in [2.45, 2.75) is 25.8 Å². The molecule has 0 bridgehead atoms. The zero-order valence-corrected chi connectivity index (χ0v) is 14.2. The molecule has 4 nitrogen and oxygen atoms in total. The van der Waals surface area contributed by atoms with E-state index < -0.39 is 0 Å². The van der Waals surface area contributed by atoms with E-state index in [2.05, 4.69) is 5.32 Å². The maximum atomic E-state index is 11.9. The molecule has 1 N–H and O–H groups in total. The first-order valence-electron chi connectivity index (χ1n) is 7.59. The monoisotopic (exact) mass is 351 g/mol. The van der Waals surface area contributed by atoms with Crippen molar-refractivity contribution in [3.05, 3.63) is 45.1 Å². The van der Waals surface area contributed by atoms with Crippen LogP contribution in [0.25, 0.3) is 0 Å². The highest BCUT2D eigenvalue weighted by Gasteiger charge is 2.15. The van der Waals surface area contributed by atoms with Crippen molar-refractivity contribution in [1.29, 1.82) is 0 Å². The summed E-state index contributed by atoms with van der Waals surface area (Å²) in [5.74, 6) is 1.27. The van der Waals surface area contributed by atoms with Crippen molar-refractivity contribution >= 4 is 28.8 Å². The fraction of sp³-hybridized carbons (Fsp3) is 0.353. The largest absolute Gasteiger partial charge is 0.489 e. The molecule has 1 aromatic carbocycles. The van der Waals surface area contributed by atoms with Gasteiger partial charge in [-0.1, -0.05) is 17.7 Å². The lowest BCUT2D eigenvalue weighted by molar-refractivity contribution is -0.121. The second-order valence-corrected chi connectivity index (χ2v) is 6.75. The normalized spacial score (nSPS) is 13.4. The zero-order valence-electron chi connectivity index (χ0n) is 12.6. The summed E-state index contributed by atoms with van der Waals surface area (Å²) in [5.41, 5.74) is 0.906. The summed E-state index contributed by atoms with van der Waals surface area (Å²) in [6, 6.07) is 7.74. The fourth-order valence-electron chi connectivity index (χ4n) is 2.37. The van der Waals surface area contributed by atoms with Gasteiger partial charge in [0.15, 0.2) is 11.5 Å². The molecule has 1 aromatic heterocycles. The molecule has 0 fully saturated rings. The summed E-state index contributed by atoms with van der Waals surface area (Å²) in [4.78, 5) is 13.2. The standard InChI is InChI=1S/C17H18ClNO3S/c18-14-9-12(10-15-17(14)22-7-2-6-21-15)11-19-16(20)5-4-13-3-1-8-23-13/h1,3,8-10H,2,4-7,11H2,(H,19,20). The van der Waals surface area contributed by atoms with E-state index in [-0.39, 0.29) is 5.91 Å². The molecule has 6 heteroatoms. The number of rotatable bonds is 5. The Balaban J connectivity index is 1.56. The highest BCUT2D eigenvalue weighted by Crippen LogP contribution is 2.37. The number of thiophene rings is 1. The SMILES string of the molecule is O=C(CCc1cccs1)NCc1cc(Cl)c2c(c1)OCCCO2. The van der Waals surface area contributed by atoms with Gasteiger partial charge in [0.2, 0.25) is 5.91 Å². The summed E-state index contributed by atoms with van der Waals surface area (Å²) in [5, 5.41) is 5.46. The number of fused-ring (bicyclic) bond motifs is 1. The van der Waals surface area contributed by atoms with Gasteiger partial charge in [-0.3, -0.25) is 4.79 Å². The van der Waals surface area contributed by atoms with Crippen molar-refractivity contribution in [2.75, 3.05) is 13.2 Å². The van der Waals surface area contributed by atoms with E-state index in [1.165, 1.54) is 4.88 Å². The molecule has 0 aliphatic carbocycles. The van der Waals surface area contributed by atoms with Crippen LogP contribution in [0.4, 0.5) is 0 Å². The van der Waals surface area contributed by atoms with E-state index in [0.717, 1.165) is 18.4 Å². The van der Waals surface area contributed by atoms with Crippen LogP contribution in [-0.2, 0) is 17.8 Å². The molecule has 2 aromatic rings. The van der Waals surface area contributed by atoms with Gasteiger partial charge in [-0.2, -0.15) is 0 Å². The summed E-state index contributed by atoms with van der Waals surface area (Å²) in [6.45, 7) is 1.64. The lowest BCUT2D eigenvalue weighted by Gasteiger charge is -2.12. The Morgan fingerprint density at radius 2 is 2.17 bits per heavy atom. The van der Waals surface area contributed by atoms with Gasteiger partial charge in [-0.05, 0) is 35.6 Å². The van der Waals surface area contributed by atoms with Gasteiger partial charge in [0.05, 0.1) is 18.2 Å². The van der Waals surface area contributed by atoms with Crippen molar-refractivity contribution in [3.63, 3.8) is 0 Å². The minimum absolute atomic E-state index is 0.0293. The molecule has 1 aliphatic heterocycles. The maximum absolute atomic E-state index is 11.9.